The summed E-state index contributed by atoms with van der Waals surface area (Å²) in [6, 6.07) is 0. The molecule has 0 amide bonds. The van der Waals surface area contributed by atoms with Crippen LogP contribution < -0.4 is 0 Å². The van der Waals surface area contributed by atoms with Crippen molar-refractivity contribution in [2.45, 2.75) is 139 Å². The van der Waals surface area contributed by atoms with Crippen molar-refractivity contribution in [3.8, 4) is 0 Å². The summed E-state index contributed by atoms with van der Waals surface area (Å²) in [4.78, 5) is 10.3. The lowest BCUT2D eigenvalue weighted by atomic mass is 9.97. The van der Waals surface area contributed by atoms with Gasteiger partial charge in [-0.3, -0.25) is 0 Å². The first-order valence-corrected chi connectivity index (χ1v) is 14.9. The summed E-state index contributed by atoms with van der Waals surface area (Å²) in [7, 11) is 0. The Kier molecular flexibility index (Phi) is 18.2. The van der Waals surface area contributed by atoms with Crippen LogP contribution >= 0.6 is 0 Å². The number of aliphatic hydroxyl groups is 8. The molecule has 41 heavy (non-hydrogen) atoms. The van der Waals surface area contributed by atoms with Gasteiger partial charge in [0.15, 0.2) is 12.6 Å². The number of hydrogen-bond donors (Lipinski definition) is 8. The number of ether oxygens (including phenoxy) is 4. The topological polar surface area (TPSA) is 217 Å². The molecule has 14 nitrogen and oxygen atoms in total. The van der Waals surface area contributed by atoms with E-state index in [0.29, 0.717) is 6.61 Å². The average Bonchev–Trinajstić information content (AvgIpc) is 2.98. The molecule has 244 valence electrons. The van der Waals surface area contributed by atoms with E-state index in [4.69, 9.17) is 28.7 Å². The van der Waals surface area contributed by atoms with E-state index in [1.54, 1.807) is 0 Å². The van der Waals surface area contributed by atoms with E-state index >= 15 is 0 Å². The van der Waals surface area contributed by atoms with Crippen molar-refractivity contribution in [3.05, 3.63) is 0 Å². The first-order valence-electron chi connectivity index (χ1n) is 14.9. The largest absolute Gasteiger partial charge is 0.394 e. The van der Waals surface area contributed by atoms with Crippen LogP contribution in [0.1, 0.15) is 71.1 Å². The van der Waals surface area contributed by atoms with Gasteiger partial charge < -0.3 is 59.8 Å². The van der Waals surface area contributed by atoms with E-state index in [-0.39, 0.29) is 6.61 Å². The summed E-state index contributed by atoms with van der Waals surface area (Å²) in [5.74, 6) is 0. The van der Waals surface area contributed by atoms with Crippen molar-refractivity contribution in [2.75, 3.05) is 33.0 Å². The Morgan fingerprint density at radius 2 is 1.17 bits per heavy atom. The van der Waals surface area contributed by atoms with Gasteiger partial charge in [-0.05, 0) is 6.42 Å². The molecule has 2 aliphatic rings. The average molecular weight is 601 g/mol. The molecule has 2 saturated heterocycles. The van der Waals surface area contributed by atoms with Gasteiger partial charge in [0.1, 0.15) is 61.5 Å². The maximum absolute atomic E-state index is 10.7. The van der Waals surface area contributed by atoms with E-state index in [9.17, 15) is 40.9 Å². The highest BCUT2D eigenvalue weighted by molar-refractivity contribution is 4.94. The third-order valence-electron chi connectivity index (χ3n) is 7.41. The maximum Gasteiger partial charge on any atom is 0.187 e. The SMILES string of the molecule is CCCCCCCCCCCCOOCC(CO)O[C@@H]1O[C@H](CO)[C@@H](O[C@@H]2O[C@H](CO)[C@H](O)[C@H](O)[C@H]2O)[C@H](O)[C@H]1O. The lowest BCUT2D eigenvalue weighted by Gasteiger charge is -2.46. The van der Waals surface area contributed by atoms with Gasteiger partial charge in [-0.25, -0.2) is 9.78 Å². The van der Waals surface area contributed by atoms with Gasteiger partial charge in [0, 0.05) is 0 Å². The van der Waals surface area contributed by atoms with Gasteiger partial charge in [0.05, 0.1) is 26.4 Å². The summed E-state index contributed by atoms with van der Waals surface area (Å²) in [6.07, 6.45) is -4.74. The second-order valence-corrected chi connectivity index (χ2v) is 10.7. The van der Waals surface area contributed by atoms with Crippen molar-refractivity contribution >= 4 is 0 Å². The minimum Gasteiger partial charge on any atom is -0.394 e. The number of unbranched alkanes of at least 4 members (excludes halogenated alkanes) is 9. The Morgan fingerprint density at radius 3 is 1.76 bits per heavy atom. The summed E-state index contributed by atoms with van der Waals surface area (Å²) < 4.78 is 21.9. The van der Waals surface area contributed by atoms with Crippen LogP contribution in [0.5, 0.6) is 0 Å². The molecule has 0 aromatic rings. The zero-order valence-corrected chi connectivity index (χ0v) is 24.0. The van der Waals surface area contributed by atoms with Crippen LogP contribution in [-0.4, -0.2) is 141 Å². The summed E-state index contributed by atoms with van der Waals surface area (Å²) in [5, 5.41) is 80.2. The van der Waals surface area contributed by atoms with Crippen LogP contribution in [-0.2, 0) is 28.7 Å². The van der Waals surface area contributed by atoms with E-state index in [1.165, 1.54) is 44.9 Å². The second kappa shape index (κ2) is 20.4. The molecule has 2 fully saturated rings. The molecule has 8 N–H and O–H groups in total. The normalized spacial score (nSPS) is 35.0. The highest BCUT2D eigenvalue weighted by Gasteiger charge is 2.51. The van der Waals surface area contributed by atoms with Crippen LogP contribution in [0, 0.1) is 0 Å². The molecule has 14 heteroatoms. The van der Waals surface area contributed by atoms with Crippen LogP contribution in [0.2, 0.25) is 0 Å². The minimum absolute atomic E-state index is 0.189. The van der Waals surface area contributed by atoms with E-state index in [1.807, 2.05) is 0 Å². The Morgan fingerprint density at radius 1 is 0.610 bits per heavy atom. The highest BCUT2D eigenvalue weighted by atomic mass is 17.2. The molecular weight excluding hydrogens is 548 g/mol. The molecule has 0 aromatic heterocycles. The summed E-state index contributed by atoms with van der Waals surface area (Å²) in [6.45, 7) is 0.490. The molecule has 0 spiro atoms. The molecule has 1 unspecified atom stereocenters. The van der Waals surface area contributed by atoms with Crippen LogP contribution in [0.4, 0.5) is 0 Å². The molecule has 11 atom stereocenters. The van der Waals surface area contributed by atoms with Crippen LogP contribution in [0.25, 0.3) is 0 Å². The van der Waals surface area contributed by atoms with E-state index in [0.717, 1.165) is 19.3 Å². The molecule has 2 rings (SSSR count). The molecule has 0 bridgehead atoms. The molecular formula is C27H52O14. The Hall–Kier alpha value is -0.560. The minimum atomic E-state index is -1.76. The van der Waals surface area contributed by atoms with Gasteiger partial charge in [0.2, 0.25) is 0 Å². The Balaban J connectivity index is 1.72. The smallest absolute Gasteiger partial charge is 0.187 e. The van der Waals surface area contributed by atoms with Gasteiger partial charge >= 0.3 is 0 Å². The fourth-order valence-electron chi connectivity index (χ4n) is 4.82. The first kappa shape index (κ1) is 36.6. The maximum atomic E-state index is 10.7. The predicted molar refractivity (Wildman–Crippen MR) is 142 cm³/mol. The highest BCUT2D eigenvalue weighted by Crippen LogP contribution is 2.30. The van der Waals surface area contributed by atoms with Crippen LogP contribution in [0.3, 0.4) is 0 Å². The summed E-state index contributed by atoms with van der Waals surface area (Å²) >= 11 is 0. The van der Waals surface area contributed by atoms with Gasteiger partial charge in [-0.2, -0.15) is 0 Å². The molecule has 2 aliphatic heterocycles. The Bertz CT molecular complexity index is 656. The molecule has 0 saturated carbocycles. The van der Waals surface area contributed by atoms with Crippen LogP contribution in [0.15, 0.2) is 0 Å². The monoisotopic (exact) mass is 600 g/mol. The quantitative estimate of drug-likeness (QED) is 0.0444. The number of hydrogen-bond acceptors (Lipinski definition) is 14. The van der Waals surface area contributed by atoms with Crippen molar-refractivity contribution < 1.29 is 69.6 Å². The van der Waals surface area contributed by atoms with Crippen molar-refractivity contribution in [1.29, 1.82) is 0 Å². The number of rotatable bonds is 21. The van der Waals surface area contributed by atoms with Crippen molar-refractivity contribution in [1.82, 2.24) is 0 Å². The third kappa shape index (κ3) is 11.8. The van der Waals surface area contributed by atoms with Crippen molar-refractivity contribution in [2.24, 2.45) is 0 Å². The van der Waals surface area contributed by atoms with Gasteiger partial charge in [0.25, 0.3) is 0 Å². The lowest BCUT2D eigenvalue weighted by molar-refractivity contribution is -0.370. The van der Waals surface area contributed by atoms with Gasteiger partial charge in [-0.15, -0.1) is 0 Å². The van der Waals surface area contributed by atoms with E-state index in [2.05, 4.69) is 6.92 Å². The molecule has 0 aromatic carbocycles. The first-order chi connectivity index (χ1) is 19.8. The summed E-state index contributed by atoms with van der Waals surface area (Å²) in [5.41, 5.74) is 0. The second-order valence-electron chi connectivity index (χ2n) is 10.7. The third-order valence-corrected chi connectivity index (χ3v) is 7.41. The zero-order chi connectivity index (χ0) is 30.2. The van der Waals surface area contributed by atoms with Crippen molar-refractivity contribution in [3.63, 3.8) is 0 Å². The lowest BCUT2D eigenvalue weighted by Crippen LogP contribution is -2.65. The fourth-order valence-corrected chi connectivity index (χ4v) is 4.82. The van der Waals surface area contributed by atoms with Gasteiger partial charge in [-0.1, -0.05) is 64.7 Å². The fraction of sp³-hybridized carbons (Fsp3) is 1.00. The molecule has 0 radical (unpaired) electrons. The predicted octanol–water partition coefficient (Wildman–Crippen LogP) is -1.14. The Labute approximate surface area is 241 Å². The standard InChI is InChI=1S/C27H52O14/c1-2-3-4-5-6-7-8-9-10-11-12-36-37-16-17(13-28)38-26-24(35)22(33)25(19(15-30)40-26)41-27-23(34)21(32)20(31)18(14-29)39-27/h17-35H,2-16H2,1H3/t17?,18-,19-,20+,21+,22-,23-,24-,25-,26-,27+/m1/s1. The zero-order valence-electron chi connectivity index (χ0n) is 24.0. The number of aliphatic hydroxyl groups excluding tert-OH is 8. The molecule has 2 heterocycles. The van der Waals surface area contributed by atoms with E-state index < -0.39 is 87.3 Å². The molecule has 0 aliphatic carbocycles.